The van der Waals surface area contributed by atoms with Crippen molar-refractivity contribution < 1.29 is 20.1 Å². The van der Waals surface area contributed by atoms with Crippen LogP contribution >= 0.6 is 0 Å². The molecule has 0 atom stereocenters. The van der Waals surface area contributed by atoms with Crippen molar-refractivity contribution in [3.8, 4) is 22.8 Å². The molecule has 5 heteroatoms. The van der Waals surface area contributed by atoms with E-state index < -0.39 is 11.2 Å². The van der Waals surface area contributed by atoms with Crippen LogP contribution in [0.4, 0.5) is 0 Å². The summed E-state index contributed by atoms with van der Waals surface area (Å²) in [6.45, 7) is 0. The van der Waals surface area contributed by atoms with Crippen LogP contribution in [-0.2, 0) is 0 Å². The molecule has 0 bridgehead atoms. The predicted octanol–water partition coefficient (Wildman–Crippen LogP) is 2.05. The second-order valence-corrected chi connectivity index (χ2v) is 4.13. The van der Waals surface area contributed by atoms with Crippen LogP contribution in [0.1, 0.15) is 0 Å². The average molecular weight is 272 g/mol. The van der Waals surface area contributed by atoms with Gasteiger partial charge in [0.2, 0.25) is 11.2 Å². The van der Waals surface area contributed by atoms with Crippen LogP contribution in [0.3, 0.4) is 0 Å². The quantitative estimate of drug-likeness (QED) is 0.707. The van der Waals surface area contributed by atoms with Crippen molar-refractivity contribution in [3.63, 3.8) is 0 Å². The van der Waals surface area contributed by atoms with Gasteiger partial charge < -0.3 is 20.1 Å². The first-order valence-electron chi connectivity index (χ1n) is 5.71. The number of fused-ring (bicyclic) bond motifs is 1. The molecule has 0 unspecified atom stereocenters. The number of aromatic hydroxyl groups is 2. The molecule has 0 aliphatic rings. The van der Waals surface area contributed by atoms with Crippen LogP contribution in [0.2, 0.25) is 0 Å². The maximum absolute atomic E-state index is 12.1. The van der Waals surface area contributed by atoms with E-state index in [1.807, 2.05) is 6.07 Å². The minimum Gasteiger partial charge on any atom is -0.507 e. The summed E-state index contributed by atoms with van der Waals surface area (Å²) in [5, 5.41) is 19.6. The Balaban J connectivity index is 0.00000147. The lowest BCUT2D eigenvalue weighted by Crippen LogP contribution is -2.02. The first-order chi connectivity index (χ1) is 9.18. The first kappa shape index (κ1) is 13.6. The van der Waals surface area contributed by atoms with E-state index in [0.717, 1.165) is 0 Å². The highest BCUT2D eigenvalue weighted by molar-refractivity contribution is 5.86. The van der Waals surface area contributed by atoms with Crippen molar-refractivity contribution in [2.24, 2.45) is 0 Å². The zero-order valence-corrected chi connectivity index (χ0v) is 10.3. The Morgan fingerprint density at radius 2 is 1.60 bits per heavy atom. The Labute approximate surface area is 113 Å². The summed E-state index contributed by atoms with van der Waals surface area (Å²) in [6.07, 6.45) is 0. The standard InChI is InChI=1S/C15H10O4.H2O/c16-10-7-4-8-11-12(10)13(17)14(18)15(19-11)9-5-2-1-3-6-9;/h1-8,16,18H;1H2. The van der Waals surface area contributed by atoms with Gasteiger partial charge in [-0.05, 0) is 12.1 Å². The van der Waals surface area contributed by atoms with Gasteiger partial charge >= 0.3 is 0 Å². The number of phenolic OH excluding ortho intramolecular Hbond substituents is 1. The lowest BCUT2D eigenvalue weighted by molar-refractivity contribution is 0.445. The Kier molecular flexibility index (Phi) is 3.45. The van der Waals surface area contributed by atoms with Crippen molar-refractivity contribution in [3.05, 3.63) is 58.8 Å². The SMILES string of the molecule is O.O=c1c(O)c(-c2ccccc2)oc2cccc(O)c12. The molecule has 0 amide bonds. The van der Waals surface area contributed by atoms with Crippen LogP contribution in [0.25, 0.3) is 22.3 Å². The van der Waals surface area contributed by atoms with E-state index in [1.165, 1.54) is 6.07 Å². The van der Waals surface area contributed by atoms with E-state index in [0.29, 0.717) is 5.56 Å². The van der Waals surface area contributed by atoms with E-state index >= 15 is 0 Å². The number of phenols is 1. The minimum atomic E-state index is -0.641. The van der Waals surface area contributed by atoms with E-state index in [1.54, 1.807) is 36.4 Å². The maximum atomic E-state index is 12.1. The maximum Gasteiger partial charge on any atom is 0.238 e. The molecular weight excluding hydrogens is 260 g/mol. The molecule has 0 aliphatic carbocycles. The van der Waals surface area contributed by atoms with E-state index in [4.69, 9.17) is 4.42 Å². The van der Waals surface area contributed by atoms with Gasteiger partial charge in [-0.25, -0.2) is 0 Å². The molecule has 0 spiro atoms. The van der Waals surface area contributed by atoms with Gasteiger partial charge in [0.25, 0.3) is 0 Å². The van der Waals surface area contributed by atoms with Gasteiger partial charge in [-0.1, -0.05) is 36.4 Å². The Morgan fingerprint density at radius 3 is 2.30 bits per heavy atom. The molecule has 2 aromatic carbocycles. The van der Waals surface area contributed by atoms with Gasteiger partial charge in [-0.15, -0.1) is 0 Å². The first-order valence-corrected chi connectivity index (χ1v) is 5.71. The molecule has 0 radical (unpaired) electrons. The summed E-state index contributed by atoms with van der Waals surface area (Å²) < 4.78 is 5.53. The van der Waals surface area contributed by atoms with Crippen LogP contribution in [0.5, 0.6) is 11.5 Å². The highest BCUT2D eigenvalue weighted by Gasteiger charge is 2.16. The van der Waals surface area contributed by atoms with Crippen molar-refractivity contribution in [2.45, 2.75) is 0 Å². The summed E-state index contributed by atoms with van der Waals surface area (Å²) in [5.74, 6) is -0.606. The fourth-order valence-electron chi connectivity index (χ4n) is 2.00. The second kappa shape index (κ2) is 5.07. The van der Waals surface area contributed by atoms with Crippen LogP contribution < -0.4 is 5.43 Å². The smallest absolute Gasteiger partial charge is 0.238 e. The van der Waals surface area contributed by atoms with Crippen LogP contribution in [0, 0.1) is 0 Å². The van der Waals surface area contributed by atoms with E-state index in [9.17, 15) is 15.0 Å². The van der Waals surface area contributed by atoms with Crippen molar-refractivity contribution in [2.75, 3.05) is 0 Å². The third kappa shape index (κ3) is 2.00. The molecule has 4 N–H and O–H groups in total. The highest BCUT2D eigenvalue weighted by atomic mass is 16.4. The topological polar surface area (TPSA) is 102 Å². The molecule has 0 saturated heterocycles. The van der Waals surface area contributed by atoms with Gasteiger partial charge in [0, 0.05) is 5.56 Å². The molecule has 0 aliphatic heterocycles. The lowest BCUT2D eigenvalue weighted by atomic mass is 10.1. The second-order valence-electron chi connectivity index (χ2n) is 4.13. The number of rotatable bonds is 1. The van der Waals surface area contributed by atoms with Crippen LogP contribution in [-0.4, -0.2) is 15.7 Å². The summed E-state index contributed by atoms with van der Waals surface area (Å²) in [4.78, 5) is 12.1. The van der Waals surface area contributed by atoms with Gasteiger partial charge in [0.15, 0.2) is 5.76 Å². The largest absolute Gasteiger partial charge is 0.507 e. The summed E-state index contributed by atoms with van der Waals surface area (Å²) in [6, 6.07) is 13.4. The zero-order chi connectivity index (χ0) is 13.4. The number of hydrogen-bond donors (Lipinski definition) is 2. The number of benzene rings is 2. The molecule has 5 nitrogen and oxygen atoms in total. The molecule has 1 heterocycles. The molecule has 20 heavy (non-hydrogen) atoms. The van der Waals surface area contributed by atoms with E-state index in [2.05, 4.69) is 0 Å². The molecule has 3 aromatic rings. The van der Waals surface area contributed by atoms with Gasteiger partial charge in [0.05, 0.1) is 0 Å². The molecule has 0 fully saturated rings. The lowest BCUT2D eigenvalue weighted by Gasteiger charge is -2.06. The fourth-order valence-corrected chi connectivity index (χ4v) is 2.00. The Morgan fingerprint density at radius 1 is 0.900 bits per heavy atom. The average Bonchev–Trinajstić information content (AvgIpc) is 2.43. The predicted molar refractivity (Wildman–Crippen MR) is 74.9 cm³/mol. The van der Waals surface area contributed by atoms with Crippen molar-refractivity contribution >= 4 is 11.0 Å². The molecule has 102 valence electrons. The fraction of sp³-hybridized carbons (Fsp3) is 0. The minimum absolute atomic E-state index is 0. The Hall–Kier alpha value is -2.79. The zero-order valence-electron chi connectivity index (χ0n) is 10.3. The third-order valence-corrected chi connectivity index (χ3v) is 2.91. The molecule has 3 rings (SSSR count). The third-order valence-electron chi connectivity index (χ3n) is 2.91. The summed E-state index contributed by atoms with van der Waals surface area (Å²) in [5.41, 5.74) is 0.196. The molecule has 0 saturated carbocycles. The van der Waals surface area contributed by atoms with Crippen LogP contribution in [0.15, 0.2) is 57.7 Å². The molecule has 1 aromatic heterocycles. The highest BCUT2D eigenvalue weighted by Crippen LogP contribution is 2.32. The summed E-state index contributed by atoms with van der Waals surface area (Å²) >= 11 is 0. The van der Waals surface area contributed by atoms with Gasteiger partial charge in [0.1, 0.15) is 16.7 Å². The Bertz CT molecular complexity index is 806. The molecular formula is C15H12O5. The monoisotopic (exact) mass is 272 g/mol. The van der Waals surface area contributed by atoms with Crippen molar-refractivity contribution in [1.29, 1.82) is 0 Å². The normalized spacial score (nSPS) is 10.2. The number of hydrogen-bond acceptors (Lipinski definition) is 4. The van der Waals surface area contributed by atoms with Crippen molar-refractivity contribution in [1.82, 2.24) is 0 Å². The van der Waals surface area contributed by atoms with E-state index in [-0.39, 0.29) is 28.0 Å². The summed E-state index contributed by atoms with van der Waals surface area (Å²) in [7, 11) is 0. The van der Waals surface area contributed by atoms with Gasteiger partial charge in [-0.2, -0.15) is 0 Å². The van der Waals surface area contributed by atoms with Gasteiger partial charge in [-0.3, -0.25) is 4.79 Å².